The first-order chi connectivity index (χ1) is 10.2. The van der Waals surface area contributed by atoms with Gasteiger partial charge in [0.05, 0.1) is 18.8 Å². The third kappa shape index (κ3) is 2.84. The van der Waals surface area contributed by atoms with E-state index in [2.05, 4.69) is 11.4 Å². The second-order valence-corrected chi connectivity index (χ2v) is 5.28. The van der Waals surface area contributed by atoms with Crippen LogP contribution < -0.4 is 10.1 Å². The van der Waals surface area contributed by atoms with Crippen LogP contribution in [-0.2, 0) is 6.42 Å². The van der Waals surface area contributed by atoms with E-state index in [9.17, 15) is 8.78 Å². The predicted molar refractivity (Wildman–Crippen MR) is 78.7 cm³/mol. The van der Waals surface area contributed by atoms with E-state index >= 15 is 0 Å². The Balaban J connectivity index is 1.90. The number of ether oxygens (including phenoxy) is 1. The summed E-state index contributed by atoms with van der Waals surface area (Å²) in [5.41, 5.74) is 2.71. The lowest BCUT2D eigenvalue weighted by molar-refractivity contribution is 0.413. The average molecular weight is 289 g/mol. The number of anilines is 1. The smallest absolute Gasteiger partial charge is 0.149 e. The normalized spacial score (nSPS) is 17.2. The van der Waals surface area contributed by atoms with Gasteiger partial charge in [-0.05, 0) is 54.7 Å². The zero-order chi connectivity index (χ0) is 14.8. The van der Waals surface area contributed by atoms with Crippen LogP contribution in [0.15, 0.2) is 36.4 Å². The van der Waals surface area contributed by atoms with E-state index in [1.165, 1.54) is 17.7 Å². The van der Waals surface area contributed by atoms with Crippen molar-refractivity contribution in [2.75, 3.05) is 12.4 Å². The summed E-state index contributed by atoms with van der Waals surface area (Å²) in [4.78, 5) is 0. The second kappa shape index (κ2) is 5.72. The van der Waals surface area contributed by atoms with Gasteiger partial charge in [-0.15, -0.1) is 0 Å². The first-order valence-electron chi connectivity index (χ1n) is 7.06. The largest absolute Gasteiger partial charge is 0.497 e. The van der Waals surface area contributed by atoms with E-state index in [4.69, 9.17) is 4.74 Å². The molecule has 0 bridgehead atoms. The third-order valence-electron chi connectivity index (χ3n) is 3.93. The Kier molecular flexibility index (Phi) is 3.78. The molecular formula is C17H17F2NO. The van der Waals surface area contributed by atoms with Gasteiger partial charge in [0.25, 0.3) is 0 Å². The van der Waals surface area contributed by atoms with Crippen LogP contribution >= 0.6 is 0 Å². The second-order valence-electron chi connectivity index (χ2n) is 5.28. The summed E-state index contributed by atoms with van der Waals surface area (Å²) in [6, 6.07) is 9.62. The number of fused-ring (bicyclic) bond motifs is 1. The van der Waals surface area contributed by atoms with Gasteiger partial charge in [0.1, 0.15) is 17.4 Å². The number of hydrogen-bond acceptors (Lipinski definition) is 2. The van der Waals surface area contributed by atoms with Crippen LogP contribution in [0.5, 0.6) is 5.75 Å². The molecule has 0 spiro atoms. The molecule has 2 aromatic carbocycles. The molecule has 1 aliphatic carbocycles. The van der Waals surface area contributed by atoms with Gasteiger partial charge in [-0.1, -0.05) is 6.07 Å². The Morgan fingerprint density at radius 2 is 2.00 bits per heavy atom. The third-order valence-corrected chi connectivity index (χ3v) is 3.93. The highest BCUT2D eigenvalue weighted by Crippen LogP contribution is 2.35. The standard InChI is InChI=1S/C17H17F2NO/c1-21-13-7-5-11-3-2-4-16(14(11)10-13)20-17-8-6-12(18)9-15(17)19/h5-10,16,20H,2-4H2,1H3. The molecule has 1 atom stereocenters. The van der Waals surface area contributed by atoms with Gasteiger partial charge >= 0.3 is 0 Å². The Morgan fingerprint density at radius 1 is 1.14 bits per heavy atom. The highest BCUT2D eigenvalue weighted by Gasteiger charge is 2.21. The van der Waals surface area contributed by atoms with Crippen molar-refractivity contribution in [3.63, 3.8) is 0 Å². The first-order valence-corrected chi connectivity index (χ1v) is 7.06. The van der Waals surface area contributed by atoms with Crippen LogP contribution in [0.4, 0.5) is 14.5 Å². The van der Waals surface area contributed by atoms with Gasteiger partial charge in [-0.3, -0.25) is 0 Å². The van der Waals surface area contributed by atoms with Crippen LogP contribution in [-0.4, -0.2) is 7.11 Å². The van der Waals surface area contributed by atoms with Crippen molar-refractivity contribution in [2.24, 2.45) is 0 Å². The summed E-state index contributed by atoms with van der Waals surface area (Å²) in [6.45, 7) is 0. The topological polar surface area (TPSA) is 21.3 Å². The molecule has 2 nitrogen and oxygen atoms in total. The summed E-state index contributed by atoms with van der Waals surface area (Å²) >= 11 is 0. The number of halogens is 2. The van der Waals surface area contributed by atoms with Gasteiger partial charge in [-0.2, -0.15) is 0 Å². The minimum Gasteiger partial charge on any atom is -0.497 e. The zero-order valence-electron chi connectivity index (χ0n) is 11.8. The van der Waals surface area contributed by atoms with E-state index in [0.717, 1.165) is 36.6 Å². The van der Waals surface area contributed by atoms with Crippen LogP contribution in [0, 0.1) is 11.6 Å². The minimum absolute atomic E-state index is 0.0174. The van der Waals surface area contributed by atoms with E-state index in [0.29, 0.717) is 5.69 Å². The number of hydrogen-bond donors (Lipinski definition) is 1. The number of rotatable bonds is 3. The minimum atomic E-state index is -0.566. The Hall–Kier alpha value is -2.10. The van der Waals surface area contributed by atoms with Crippen LogP contribution in [0.3, 0.4) is 0 Å². The van der Waals surface area contributed by atoms with E-state index < -0.39 is 11.6 Å². The molecule has 21 heavy (non-hydrogen) atoms. The van der Waals surface area contributed by atoms with Crippen molar-refractivity contribution in [1.29, 1.82) is 0 Å². The van der Waals surface area contributed by atoms with Crippen molar-refractivity contribution < 1.29 is 13.5 Å². The van der Waals surface area contributed by atoms with Crippen LogP contribution in [0.2, 0.25) is 0 Å². The average Bonchev–Trinajstić information content (AvgIpc) is 2.50. The number of nitrogens with one attached hydrogen (secondary N) is 1. The highest BCUT2D eigenvalue weighted by atomic mass is 19.1. The van der Waals surface area contributed by atoms with Gasteiger partial charge < -0.3 is 10.1 Å². The molecule has 1 N–H and O–H groups in total. The molecule has 0 aliphatic heterocycles. The monoisotopic (exact) mass is 289 g/mol. The maximum Gasteiger partial charge on any atom is 0.149 e. The number of methoxy groups -OCH3 is 1. The molecule has 110 valence electrons. The van der Waals surface area contributed by atoms with E-state index in [1.807, 2.05) is 12.1 Å². The molecule has 3 rings (SSSR count). The fraction of sp³-hybridized carbons (Fsp3) is 0.294. The molecule has 1 aliphatic rings. The molecule has 0 saturated carbocycles. The summed E-state index contributed by atoms with van der Waals surface area (Å²) in [5, 5.41) is 3.19. The van der Waals surface area contributed by atoms with Crippen molar-refractivity contribution in [1.82, 2.24) is 0 Å². The van der Waals surface area contributed by atoms with Gasteiger partial charge in [0, 0.05) is 6.07 Å². The highest BCUT2D eigenvalue weighted by molar-refractivity contribution is 5.49. The van der Waals surface area contributed by atoms with Crippen LogP contribution in [0.1, 0.15) is 30.0 Å². The van der Waals surface area contributed by atoms with Crippen molar-refractivity contribution in [3.05, 3.63) is 59.2 Å². The van der Waals surface area contributed by atoms with Crippen molar-refractivity contribution in [3.8, 4) is 5.75 Å². The lowest BCUT2D eigenvalue weighted by Gasteiger charge is -2.28. The summed E-state index contributed by atoms with van der Waals surface area (Å²) in [6.07, 6.45) is 2.97. The maximum atomic E-state index is 13.8. The molecule has 0 aromatic heterocycles. The van der Waals surface area contributed by atoms with Crippen LogP contribution in [0.25, 0.3) is 0 Å². The van der Waals surface area contributed by atoms with Gasteiger partial charge in [0.2, 0.25) is 0 Å². The van der Waals surface area contributed by atoms with Crippen molar-refractivity contribution >= 4 is 5.69 Å². The molecule has 2 aromatic rings. The molecule has 0 fully saturated rings. The lowest BCUT2D eigenvalue weighted by Crippen LogP contribution is -2.18. The molecule has 0 radical (unpaired) electrons. The van der Waals surface area contributed by atoms with Gasteiger partial charge in [0.15, 0.2) is 0 Å². The number of benzene rings is 2. The van der Waals surface area contributed by atoms with E-state index in [-0.39, 0.29) is 6.04 Å². The summed E-state index contributed by atoms with van der Waals surface area (Å²) < 4.78 is 32.0. The van der Waals surface area contributed by atoms with Crippen molar-refractivity contribution in [2.45, 2.75) is 25.3 Å². The molecule has 4 heteroatoms. The lowest BCUT2D eigenvalue weighted by atomic mass is 9.87. The maximum absolute atomic E-state index is 13.8. The SMILES string of the molecule is COc1ccc2c(c1)C(Nc1ccc(F)cc1F)CCC2. The predicted octanol–water partition coefficient (Wildman–Crippen LogP) is 4.46. The van der Waals surface area contributed by atoms with Gasteiger partial charge in [-0.25, -0.2) is 8.78 Å². The Morgan fingerprint density at radius 3 is 2.76 bits per heavy atom. The molecule has 0 heterocycles. The summed E-state index contributed by atoms with van der Waals surface area (Å²) in [5.74, 6) is -0.337. The molecule has 0 amide bonds. The Bertz CT molecular complexity index is 657. The molecular weight excluding hydrogens is 272 g/mol. The molecule has 0 saturated heterocycles. The quantitative estimate of drug-likeness (QED) is 0.900. The number of aryl methyl sites for hydroxylation is 1. The summed E-state index contributed by atoms with van der Waals surface area (Å²) in [7, 11) is 1.63. The fourth-order valence-electron chi connectivity index (χ4n) is 2.85. The van der Waals surface area contributed by atoms with E-state index in [1.54, 1.807) is 7.11 Å². The molecule has 1 unspecified atom stereocenters. The zero-order valence-corrected chi connectivity index (χ0v) is 11.8. The Labute approximate surface area is 122 Å². The first kappa shape index (κ1) is 13.9. The fourth-order valence-corrected chi connectivity index (χ4v) is 2.85.